The highest BCUT2D eigenvalue weighted by Gasteiger charge is 2.51. The van der Waals surface area contributed by atoms with Crippen LogP contribution < -0.4 is 5.32 Å². The molecule has 1 saturated heterocycles. The van der Waals surface area contributed by atoms with E-state index in [-0.39, 0.29) is 24.4 Å². The average Bonchev–Trinajstić information content (AvgIpc) is 2.05. The number of nitrogens with zero attached hydrogens (tertiary/aromatic N) is 1. The standard InChI is InChI=1S/C10H16N2O2/c1-7(2)12-6-8(13)11-10(9(12)14)4-3-5-10/h7H,3-6H2,1-2H3,(H,11,13). The fourth-order valence-corrected chi connectivity index (χ4v) is 2.15. The van der Waals surface area contributed by atoms with Crippen molar-refractivity contribution in [1.82, 2.24) is 10.2 Å². The van der Waals surface area contributed by atoms with Crippen molar-refractivity contribution in [3.63, 3.8) is 0 Å². The summed E-state index contributed by atoms with van der Waals surface area (Å²) in [5, 5.41) is 2.83. The van der Waals surface area contributed by atoms with Crippen LogP contribution in [0, 0.1) is 0 Å². The van der Waals surface area contributed by atoms with E-state index >= 15 is 0 Å². The zero-order valence-corrected chi connectivity index (χ0v) is 8.67. The molecular weight excluding hydrogens is 180 g/mol. The summed E-state index contributed by atoms with van der Waals surface area (Å²) >= 11 is 0. The molecule has 0 aromatic carbocycles. The zero-order chi connectivity index (χ0) is 10.3. The van der Waals surface area contributed by atoms with E-state index in [1.54, 1.807) is 4.90 Å². The molecule has 78 valence electrons. The summed E-state index contributed by atoms with van der Waals surface area (Å²) in [6.07, 6.45) is 2.65. The van der Waals surface area contributed by atoms with Gasteiger partial charge in [0.1, 0.15) is 5.54 Å². The van der Waals surface area contributed by atoms with E-state index in [0.717, 1.165) is 19.3 Å². The van der Waals surface area contributed by atoms with Crippen LogP contribution in [0.2, 0.25) is 0 Å². The summed E-state index contributed by atoms with van der Waals surface area (Å²) in [5.41, 5.74) is -0.528. The summed E-state index contributed by atoms with van der Waals surface area (Å²) in [4.78, 5) is 25.1. The van der Waals surface area contributed by atoms with E-state index in [1.807, 2.05) is 13.8 Å². The van der Waals surface area contributed by atoms with Gasteiger partial charge in [0, 0.05) is 6.04 Å². The maximum absolute atomic E-state index is 12.0. The third-order valence-electron chi connectivity index (χ3n) is 3.19. The molecule has 4 heteroatoms. The number of carbonyl (C=O) groups is 2. The van der Waals surface area contributed by atoms with Gasteiger partial charge in [-0.1, -0.05) is 0 Å². The highest BCUT2D eigenvalue weighted by molar-refractivity contribution is 5.98. The molecule has 2 rings (SSSR count). The van der Waals surface area contributed by atoms with Crippen molar-refractivity contribution in [2.75, 3.05) is 6.54 Å². The van der Waals surface area contributed by atoms with E-state index in [0.29, 0.717) is 0 Å². The minimum atomic E-state index is -0.528. The topological polar surface area (TPSA) is 49.4 Å². The van der Waals surface area contributed by atoms with Gasteiger partial charge in [-0.15, -0.1) is 0 Å². The van der Waals surface area contributed by atoms with Crippen LogP contribution in [0.4, 0.5) is 0 Å². The van der Waals surface area contributed by atoms with Gasteiger partial charge in [-0.05, 0) is 33.1 Å². The molecule has 14 heavy (non-hydrogen) atoms. The quantitative estimate of drug-likeness (QED) is 0.654. The summed E-state index contributed by atoms with van der Waals surface area (Å²) in [7, 11) is 0. The molecule has 0 aromatic heterocycles. The lowest BCUT2D eigenvalue weighted by Gasteiger charge is -2.48. The molecule has 0 unspecified atom stereocenters. The Balaban J connectivity index is 2.21. The number of carbonyl (C=O) groups excluding carboxylic acids is 2. The molecule has 0 bridgehead atoms. The van der Waals surface area contributed by atoms with Crippen molar-refractivity contribution in [3.8, 4) is 0 Å². The van der Waals surface area contributed by atoms with Gasteiger partial charge in [0.2, 0.25) is 11.8 Å². The fourth-order valence-electron chi connectivity index (χ4n) is 2.15. The van der Waals surface area contributed by atoms with Crippen LogP contribution in [-0.4, -0.2) is 34.8 Å². The Labute approximate surface area is 83.6 Å². The van der Waals surface area contributed by atoms with Crippen LogP contribution in [0.15, 0.2) is 0 Å². The van der Waals surface area contributed by atoms with Gasteiger partial charge < -0.3 is 10.2 Å². The molecule has 4 nitrogen and oxygen atoms in total. The molecule has 2 amide bonds. The van der Waals surface area contributed by atoms with Gasteiger partial charge in [0.15, 0.2) is 0 Å². The summed E-state index contributed by atoms with van der Waals surface area (Å²) in [5.74, 6) is 0.0938. The largest absolute Gasteiger partial charge is 0.340 e. The highest BCUT2D eigenvalue weighted by atomic mass is 16.2. The van der Waals surface area contributed by atoms with Crippen molar-refractivity contribution in [2.24, 2.45) is 0 Å². The molecule has 0 atom stereocenters. The Kier molecular flexibility index (Phi) is 2.01. The first-order valence-electron chi connectivity index (χ1n) is 5.17. The van der Waals surface area contributed by atoms with E-state index in [9.17, 15) is 9.59 Å². The maximum atomic E-state index is 12.0. The fraction of sp³-hybridized carbons (Fsp3) is 0.800. The van der Waals surface area contributed by atoms with E-state index in [1.165, 1.54) is 0 Å². The second-order valence-electron chi connectivity index (χ2n) is 4.51. The molecule has 2 fully saturated rings. The molecule has 1 spiro atoms. The molecule has 0 radical (unpaired) electrons. The van der Waals surface area contributed by atoms with E-state index in [2.05, 4.69) is 5.32 Å². The Hall–Kier alpha value is -1.06. The van der Waals surface area contributed by atoms with Gasteiger partial charge in [-0.25, -0.2) is 0 Å². The normalized spacial score (nSPS) is 25.2. The molecule has 1 aliphatic carbocycles. The van der Waals surface area contributed by atoms with Crippen LogP contribution in [0.3, 0.4) is 0 Å². The Bertz CT molecular complexity index is 282. The summed E-state index contributed by atoms with van der Waals surface area (Å²) < 4.78 is 0. The number of rotatable bonds is 1. The van der Waals surface area contributed by atoms with Crippen LogP contribution in [0.1, 0.15) is 33.1 Å². The second kappa shape index (κ2) is 2.97. The van der Waals surface area contributed by atoms with Crippen molar-refractivity contribution in [2.45, 2.75) is 44.7 Å². The van der Waals surface area contributed by atoms with Crippen LogP contribution in [-0.2, 0) is 9.59 Å². The van der Waals surface area contributed by atoms with Crippen molar-refractivity contribution >= 4 is 11.8 Å². The summed E-state index contributed by atoms with van der Waals surface area (Å²) in [6.45, 7) is 4.12. The number of hydrogen-bond donors (Lipinski definition) is 1. The molecule has 1 aliphatic heterocycles. The van der Waals surface area contributed by atoms with Gasteiger partial charge >= 0.3 is 0 Å². The SMILES string of the molecule is CC(C)N1CC(=O)NC2(CCC2)C1=O. The van der Waals surface area contributed by atoms with Gasteiger partial charge in [0.25, 0.3) is 0 Å². The van der Waals surface area contributed by atoms with Crippen molar-refractivity contribution < 1.29 is 9.59 Å². The molecule has 1 saturated carbocycles. The molecule has 0 aromatic rings. The van der Waals surface area contributed by atoms with E-state index in [4.69, 9.17) is 0 Å². The Morgan fingerprint density at radius 3 is 2.43 bits per heavy atom. The van der Waals surface area contributed by atoms with Gasteiger partial charge in [-0.3, -0.25) is 9.59 Å². The first-order chi connectivity index (χ1) is 6.55. The first-order valence-corrected chi connectivity index (χ1v) is 5.17. The number of amides is 2. The van der Waals surface area contributed by atoms with Crippen molar-refractivity contribution in [3.05, 3.63) is 0 Å². The lowest BCUT2D eigenvalue weighted by molar-refractivity contribution is -0.155. The lowest BCUT2D eigenvalue weighted by atomic mass is 9.74. The first kappa shape index (κ1) is 9.49. The average molecular weight is 196 g/mol. The maximum Gasteiger partial charge on any atom is 0.249 e. The highest BCUT2D eigenvalue weighted by Crippen LogP contribution is 2.35. The smallest absolute Gasteiger partial charge is 0.249 e. The number of piperazine rings is 1. The lowest BCUT2D eigenvalue weighted by Crippen LogP contribution is -2.70. The third-order valence-corrected chi connectivity index (χ3v) is 3.19. The summed E-state index contributed by atoms with van der Waals surface area (Å²) in [6, 6.07) is 0.117. The van der Waals surface area contributed by atoms with Crippen molar-refractivity contribution in [1.29, 1.82) is 0 Å². The minimum absolute atomic E-state index is 0.0157. The van der Waals surface area contributed by atoms with Gasteiger partial charge in [-0.2, -0.15) is 0 Å². The Morgan fingerprint density at radius 2 is 2.00 bits per heavy atom. The number of hydrogen-bond acceptors (Lipinski definition) is 2. The molecular formula is C10H16N2O2. The zero-order valence-electron chi connectivity index (χ0n) is 8.67. The predicted octanol–water partition coefficient (Wildman–Crippen LogP) is 0.276. The monoisotopic (exact) mass is 196 g/mol. The van der Waals surface area contributed by atoms with Crippen LogP contribution in [0.25, 0.3) is 0 Å². The van der Waals surface area contributed by atoms with E-state index < -0.39 is 5.54 Å². The van der Waals surface area contributed by atoms with Crippen LogP contribution in [0.5, 0.6) is 0 Å². The minimum Gasteiger partial charge on any atom is -0.340 e. The second-order valence-corrected chi connectivity index (χ2v) is 4.51. The molecule has 1 N–H and O–H groups in total. The van der Waals surface area contributed by atoms with Gasteiger partial charge in [0.05, 0.1) is 6.54 Å². The Morgan fingerprint density at radius 1 is 1.36 bits per heavy atom. The van der Waals surface area contributed by atoms with Crippen LogP contribution >= 0.6 is 0 Å². The molecule has 2 aliphatic rings. The number of nitrogens with one attached hydrogen (secondary N) is 1. The predicted molar refractivity (Wildman–Crippen MR) is 51.6 cm³/mol. The third kappa shape index (κ3) is 1.21. The molecule has 1 heterocycles.